The Morgan fingerprint density at radius 3 is 0.735 bits per heavy atom. The standard InChI is InChI=1S/C77H136O6/c1-4-7-10-13-16-19-22-25-27-29-31-33-35-36-37-38-39-40-42-43-45-47-49-52-55-58-61-64-67-70-76(79)82-73-74(72-81-75(78)69-66-63-60-57-54-51-24-21-18-15-12-9-6-3)83-77(80)71-68-65-62-59-56-53-50-48-46-44-41-34-32-30-28-26-23-20-17-14-11-8-5-2/h8,11,17,20,22,25-26,28-29,31-32,34,44,46,74H,4-7,9-10,12-16,18-19,21,23-24,27,30,33,35-43,45,47-73H2,1-3H3/b11-8-,20-17-,25-22-,28-26-,31-29-,34-32-,46-44-. The summed E-state index contributed by atoms with van der Waals surface area (Å²) in [5.41, 5.74) is 0. The van der Waals surface area contributed by atoms with Gasteiger partial charge in [0.1, 0.15) is 13.2 Å². The van der Waals surface area contributed by atoms with E-state index in [-0.39, 0.29) is 31.1 Å². The number of carbonyl (C=O) groups excluding carboxylic acids is 3. The largest absolute Gasteiger partial charge is 0.462 e. The number of esters is 3. The lowest BCUT2D eigenvalue weighted by molar-refractivity contribution is -0.167. The molecule has 0 aliphatic heterocycles. The van der Waals surface area contributed by atoms with Crippen LogP contribution in [0.1, 0.15) is 367 Å². The molecule has 0 aromatic heterocycles. The van der Waals surface area contributed by atoms with E-state index in [9.17, 15) is 14.4 Å². The molecule has 0 rings (SSSR count). The average molecular weight is 1160 g/mol. The fourth-order valence-electron chi connectivity index (χ4n) is 10.5. The lowest BCUT2D eigenvalue weighted by Gasteiger charge is -2.18. The molecule has 0 heterocycles. The maximum atomic E-state index is 13.0. The van der Waals surface area contributed by atoms with Crippen LogP contribution in [0.25, 0.3) is 0 Å². The predicted molar refractivity (Wildman–Crippen MR) is 362 cm³/mol. The monoisotopic (exact) mass is 1160 g/mol. The topological polar surface area (TPSA) is 78.9 Å². The van der Waals surface area contributed by atoms with E-state index in [4.69, 9.17) is 14.2 Å². The second-order valence-corrected chi connectivity index (χ2v) is 24.1. The van der Waals surface area contributed by atoms with Crippen LogP contribution in [0.3, 0.4) is 0 Å². The summed E-state index contributed by atoms with van der Waals surface area (Å²) in [5.74, 6) is -0.867. The second kappa shape index (κ2) is 71.1. The quantitative estimate of drug-likeness (QED) is 0.0261. The molecule has 0 aromatic carbocycles. The van der Waals surface area contributed by atoms with Crippen LogP contribution in [-0.4, -0.2) is 37.2 Å². The third-order valence-electron chi connectivity index (χ3n) is 15.9. The lowest BCUT2D eigenvalue weighted by Crippen LogP contribution is -2.30. The molecular weight excluding hydrogens is 1020 g/mol. The van der Waals surface area contributed by atoms with Gasteiger partial charge in [-0.1, -0.05) is 337 Å². The fraction of sp³-hybridized carbons (Fsp3) is 0.779. The molecule has 1 unspecified atom stereocenters. The zero-order valence-electron chi connectivity index (χ0n) is 55.2. The Labute approximate surface area is 515 Å². The van der Waals surface area contributed by atoms with Crippen molar-refractivity contribution in [2.75, 3.05) is 13.2 Å². The minimum atomic E-state index is -0.782. The van der Waals surface area contributed by atoms with Crippen molar-refractivity contribution in [3.05, 3.63) is 85.1 Å². The SMILES string of the molecule is CC/C=C\C/C=C\C/C=C\C/C=C\C/C=C\CCCCCCCCCC(=O)OC(COC(=O)CCCCCCCCCCCCCCC)COC(=O)CCCCCCCCCCCCCCCCCCC/C=C\C/C=C\CCCCCCC. The van der Waals surface area contributed by atoms with Crippen molar-refractivity contribution in [1.29, 1.82) is 0 Å². The molecule has 0 fully saturated rings. The van der Waals surface area contributed by atoms with Gasteiger partial charge in [-0.25, -0.2) is 0 Å². The minimum absolute atomic E-state index is 0.0766. The van der Waals surface area contributed by atoms with E-state index in [1.54, 1.807) is 0 Å². The Kier molecular flexibility index (Phi) is 68.2. The number of rotatable bonds is 66. The van der Waals surface area contributed by atoms with Crippen LogP contribution in [0.15, 0.2) is 85.1 Å². The first-order chi connectivity index (χ1) is 41.0. The van der Waals surface area contributed by atoms with Gasteiger partial charge in [0, 0.05) is 19.3 Å². The smallest absolute Gasteiger partial charge is 0.306 e. The molecule has 83 heavy (non-hydrogen) atoms. The van der Waals surface area contributed by atoms with Gasteiger partial charge in [-0.05, 0) is 96.3 Å². The number of hydrogen-bond acceptors (Lipinski definition) is 6. The highest BCUT2D eigenvalue weighted by molar-refractivity contribution is 5.71. The summed E-state index contributed by atoms with van der Waals surface area (Å²) in [7, 11) is 0. The highest BCUT2D eigenvalue weighted by Crippen LogP contribution is 2.18. The highest BCUT2D eigenvalue weighted by atomic mass is 16.6. The second-order valence-electron chi connectivity index (χ2n) is 24.1. The van der Waals surface area contributed by atoms with Crippen LogP contribution >= 0.6 is 0 Å². The number of ether oxygens (including phenoxy) is 3. The molecule has 6 nitrogen and oxygen atoms in total. The molecule has 0 aliphatic carbocycles. The maximum Gasteiger partial charge on any atom is 0.306 e. The molecule has 1 atom stereocenters. The predicted octanol–water partition coefficient (Wildman–Crippen LogP) is 25.0. The molecule has 0 aromatic rings. The van der Waals surface area contributed by atoms with Crippen LogP contribution in [0.4, 0.5) is 0 Å². The molecule has 0 aliphatic rings. The van der Waals surface area contributed by atoms with E-state index < -0.39 is 6.10 Å². The number of hydrogen-bond donors (Lipinski definition) is 0. The summed E-state index contributed by atoms with van der Waals surface area (Å²) in [5, 5.41) is 0. The zero-order chi connectivity index (χ0) is 59.9. The van der Waals surface area contributed by atoms with Gasteiger partial charge in [0.2, 0.25) is 0 Å². The molecule has 0 saturated carbocycles. The van der Waals surface area contributed by atoms with Crippen LogP contribution in [-0.2, 0) is 28.6 Å². The van der Waals surface area contributed by atoms with Crippen molar-refractivity contribution >= 4 is 17.9 Å². The molecular formula is C77H136O6. The Bertz CT molecular complexity index is 1570. The van der Waals surface area contributed by atoms with Crippen LogP contribution in [0, 0.1) is 0 Å². The molecule has 0 bridgehead atoms. The van der Waals surface area contributed by atoms with Gasteiger partial charge in [-0.15, -0.1) is 0 Å². The summed E-state index contributed by atoms with van der Waals surface area (Å²) in [6.07, 6.45) is 94.7. The van der Waals surface area contributed by atoms with Gasteiger partial charge < -0.3 is 14.2 Å². The van der Waals surface area contributed by atoms with E-state index in [0.29, 0.717) is 19.3 Å². The van der Waals surface area contributed by atoms with Crippen molar-refractivity contribution in [2.45, 2.75) is 374 Å². The van der Waals surface area contributed by atoms with Gasteiger partial charge in [0.25, 0.3) is 0 Å². The number of allylic oxidation sites excluding steroid dienone is 14. The highest BCUT2D eigenvalue weighted by Gasteiger charge is 2.19. The Morgan fingerprint density at radius 2 is 0.470 bits per heavy atom. The molecule has 0 spiro atoms. The van der Waals surface area contributed by atoms with Gasteiger partial charge >= 0.3 is 17.9 Å². The molecule has 0 radical (unpaired) electrons. The van der Waals surface area contributed by atoms with Crippen LogP contribution in [0.5, 0.6) is 0 Å². The summed E-state index contributed by atoms with van der Waals surface area (Å²) < 4.78 is 17.0. The molecule has 0 saturated heterocycles. The first kappa shape index (κ1) is 79.6. The lowest BCUT2D eigenvalue weighted by atomic mass is 10.0. The van der Waals surface area contributed by atoms with E-state index >= 15 is 0 Å². The van der Waals surface area contributed by atoms with Gasteiger partial charge in [0.15, 0.2) is 6.10 Å². The maximum absolute atomic E-state index is 13.0. The first-order valence-corrected chi connectivity index (χ1v) is 36.1. The summed E-state index contributed by atoms with van der Waals surface area (Å²) in [4.78, 5) is 38.4. The molecule has 6 heteroatoms. The Hall–Kier alpha value is -3.41. The van der Waals surface area contributed by atoms with E-state index in [1.165, 1.54) is 225 Å². The zero-order valence-corrected chi connectivity index (χ0v) is 55.2. The van der Waals surface area contributed by atoms with Gasteiger partial charge in [0.05, 0.1) is 0 Å². The normalized spacial score (nSPS) is 12.6. The Balaban J connectivity index is 4.25. The van der Waals surface area contributed by atoms with Crippen molar-refractivity contribution in [3.8, 4) is 0 Å². The number of carbonyl (C=O) groups is 3. The van der Waals surface area contributed by atoms with Gasteiger partial charge in [-0.3, -0.25) is 14.4 Å². The fourth-order valence-corrected chi connectivity index (χ4v) is 10.5. The molecule has 480 valence electrons. The van der Waals surface area contributed by atoms with Crippen molar-refractivity contribution < 1.29 is 28.6 Å². The Morgan fingerprint density at radius 1 is 0.253 bits per heavy atom. The third kappa shape index (κ3) is 69.3. The van der Waals surface area contributed by atoms with Crippen molar-refractivity contribution in [3.63, 3.8) is 0 Å². The summed E-state index contributed by atoms with van der Waals surface area (Å²) in [6, 6.07) is 0. The van der Waals surface area contributed by atoms with E-state index in [1.807, 2.05) is 0 Å². The van der Waals surface area contributed by atoms with Crippen LogP contribution in [0.2, 0.25) is 0 Å². The van der Waals surface area contributed by atoms with Gasteiger partial charge in [-0.2, -0.15) is 0 Å². The van der Waals surface area contributed by atoms with E-state index in [2.05, 4.69) is 106 Å². The number of unbranched alkanes of at least 4 members (excludes halogenated alkanes) is 41. The average Bonchev–Trinajstić information content (AvgIpc) is 3.49. The van der Waals surface area contributed by atoms with Crippen LogP contribution < -0.4 is 0 Å². The van der Waals surface area contributed by atoms with Crippen molar-refractivity contribution in [2.24, 2.45) is 0 Å². The molecule has 0 amide bonds. The summed E-state index contributed by atoms with van der Waals surface area (Å²) >= 11 is 0. The van der Waals surface area contributed by atoms with Crippen molar-refractivity contribution in [1.82, 2.24) is 0 Å². The minimum Gasteiger partial charge on any atom is -0.462 e. The molecule has 0 N–H and O–H groups in total. The summed E-state index contributed by atoms with van der Waals surface area (Å²) in [6.45, 7) is 6.56. The van der Waals surface area contributed by atoms with E-state index in [0.717, 1.165) is 103 Å². The third-order valence-corrected chi connectivity index (χ3v) is 15.9. The first-order valence-electron chi connectivity index (χ1n) is 36.1.